The first kappa shape index (κ1) is 17.9. The van der Waals surface area contributed by atoms with E-state index >= 15 is 0 Å². The Bertz CT molecular complexity index is 923. The second kappa shape index (κ2) is 7.55. The minimum Gasteiger partial charge on any atom is -0.410 e. The van der Waals surface area contributed by atoms with Crippen LogP contribution in [0.25, 0.3) is 10.8 Å². The Hall–Kier alpha value is -1.90. The zero-order valence-corrected chi connectivity index (χ0v) is 16.2. The summed E-state index contributed by atoms with van der Waals surface area (Å²) in [5, 5.41) is 12.8. The number of carbonyl (C=O) groups is 1. The molecule has 2 heterocycles. The molecule has 1 amide bonds. The van der Waals surface area contributed by atoms with E-state index in [0.29, 0.717) is 16.1 Å². The van der Waals surface area contributed by atoms with E-state index in [-0.39, 0.29) is 11.7 Å². The number of thiazole rings is 1. The van der Waals surface area contributed by atoms with E-state index in [1.54, 1.807) is 18.2 Å². The van der Waals surface area contributed by atoms with E-state index in [9.17, 15) is 4.79 Å². The molecule has 0 aliphatic carbocycles. The van der Waals surface area contributed by atoms with Gasteiger partial charge in [-0.25, -0.2) is 4.98 Å². The number of carbonyl (C=O) groups excluding carboxylic acids is 1. The molecule has 1 aromatic carbocycles. The Kier molecular flexibility index (Phi) is 5.41. The van der Waals surface area contributed by atoms with Gasteiger partial charge >= 0.3 is 0 Å². The van der Waals surface area contributed by atoms with E-state index in [4.69, 9.17) is 16.0 Å². The number of hydrogen-bond acceptors (Lipinski definition) is 7. The first-order chi connectivity index (χ1) is 11.9. The van der Waals surface area contributed by atoms with Crippen molar-refractivity contribution in [2.45, 2.75) is 26.0 Å². The topological polar surface area (TPSA) is 80.9 Å². The molecule has 25 heavy (non-hydrogen) atoms. The molecular weight excluding hydrogens is 380 g/mol. The maximum absolute atomic E-state index is 12.1. The molecular formula is C16H15ClN4O2S2. The number of benzene rings is 1. The predicted octanol–water partition coefficient (Wildman–Crippen LogP) is 4.50. The summed E-state index contributed by atoms with van der Waals surface area (Å²) in [5.41, 5.74) is 2.50. The smallest absolute Gasteiger partial charge is 0.277 e. The maximum atomic E-state index is 12.1. The highest BCUT2D eigenvalue weighted by Gasteiger charge is 2.16. The number of aryl methyl sites for hydroxylation is 3. The van der Waals surface area contributed by atoms with E-state index < -0.39 is 0 Å². The Morgan fingerprint density at radius 1 is 1.32 bits per heavy atom. The minimum atomic E-state index is -0.153. The van der Waals surface area contributed by atoms with Gasteiger partial charge in [-0.1, -0.05) is 23.4 Å². The van der Waals surface area contributed by atoms with Gasteiger partial charge in [-0.2, -0.15) is 0 Å². The molecule has 0 aliphatic heterocycles. The van der Waals surface area contributed by atoms with Gasteiger partial charge in [-0.15, -0.1) is 21.5 Å². The SMILES string of the molecule is Cc1nc(C)c(-c2nnc(SCC(=O)Nc3ccc(Cl)cc3C)o2)s1. The number of nitrogens with zero attached hydrogens (tertiary/aromatic N) is 3. The summed E-state index contributed by atoms with van der Waals surface area (Å²) >= 11 is 8.61. The van der Waals surface area contributed by atoms with Crippen molar-refractivity contribution in [3.05, 3.63) is 39.5 Å². The fourth-order valence-corrected chi connectivity index (χ4v) is 3.80. The Morgan fingerprint density at radius 3 is 2.80 bits per heavy atom. The number of thioether (sulfide) groups is 1. The number of anilines is 1. The molecule has 130 valence electrons. The average molecular weight is 395 g/mol. The molecule has 0 fully saturated rings. The number of aromatic nitrogens is 3. The van der Waals surface area contributed by atoms with Crippen LogP contribution in [-0.4, -0.2) is 26.8 Å². The number of halogens is 1. The summed E-state index contributed by atoms with van der Waals surface area (Å²) < 4.78 is 5.62. The molecule has 0 bridgehead atoms. The average Bonchev–Trinajstić information content (AvgIpc) is 3.14. The first-order valence-corrected chi connectivity index (χ1v) is 9.57. The van der Waals surface area contributed by atoms with Crippen molar-refractivity contribution >= 4 is 46.3 Å². The second-order valence-electron chi connectivity index (χ2n) is 5.32. The van der Waals surface area contributed by atoms with Crippen molar-refractivity contribution in [1.29, 1.82) is 0 Å². The normalized spacial score (nSPS) is 10.9. The Labute approximate surface area is 158 Å². The van der Waals surface area contributed by atoms with Crippen molar-refractivity contribution in [1.82, 2.24) is 15.2 Å². The van der Waals surface area contributed by atoms with Gasteiger partial charge in [-0.05, 0) is 44.5 Å². The zero-order chi connectivity index (χ0) is 18.0. The van der Waals surface area contributed by atoms with E-state index in [0.717, 1.165) is 26.8 Å². The minimum absolute atomic E-state index is 0.153. The molecule has 0 radical (unpaired) electrons. The van der Waals surface area contributed by atoms with Crippen LogP contribution in [0, 0.1) is 20.8 Å². The molecule has 3 rings (SSSR count). The monoisotopic (exact) mass is 394 g/mol. The highest BCUT2D eigenvalue weighted by atomic mass is 35.5. The Balaban J connectivity index is 1.60. The van der Waals surface area contributed by atoms with E-state index in [1.165, 1.54) is 23.1 Å². The second-order valence-corrected chi connectivity index (χ2v) is 7.88. The fraction of sp³-hybridized carbons (Fsp3) is 0.250. The molecule has 0 atom stereocenters. The van der Waals surface area contributed by atoms with Crippen LogP contribution in [-0.2, 0) is 4.79 Å². The predicted molar refractivity (Wildman–Crippen MR) is 100 cm³/mol. The van der Waals surface area contributed by atoms with Crippen molar-refractivity contribution in [2.75, 3.05) is 11.1 Å². The molecule has 9 heteroatoms. The Morgan fingerprint density at radius 2 is 2.12 bits per heavy atom. The van der Waals surface area contributed by atoms with Crippen LogP contribution < -0.4 is 5.32 Å². The fourth-order valence-electron chi connectivity index (χ4n) is 2.17. The van der Waals surface area contributed by atoms with Gasteiger partial charge in [0.05, 0.1) is 16.5 Å². The lowest BCUT2D eigenvalue weighted by atomic mass is 10.2. The van der Waals surface area contributed by atoms with E-state index in [1.807, 2.05) is 20.8 Å². The number of amides is 1. The third-order valence-corrected chi connectivity index (χ3v) is 5.41. The lowest BCUT2D eigenvalue weighted by Gasteiger charge is -2.07. The summed E-state index contributed by atoms with van der Waals surface area (Å²) in [4.78, 5) is 17.3. The van der Waals surface area contributed by atoms with Gasteiger partial charge in [0.25, 0.3) is 11.1 Å². The summed E-state index contributed by atoms with van der Waals surface area (Å²) in [6.45, 7) is 5.71. The third kappa shape index (κ3) is 4.39. The van der Waals surface area contributed by atoms with Crippen LogP contribution in [0.4, 0.5) is 5.69 Å². The van der Waals surface area contributed by atoms with Gasteiger partial charge in [0, 0.05) is 10.7 Å². The van der Waals surface area contributed by atoms with Gasteiger partial charge in [-0.3, -0.25) is 4.79 Å². The van der Waals surface area contributed by atoms with Gasteiger partial charge in [0.15, 0.2) is 0 Å². The van der Waals surface area contributed by atoms with Gasteiger partial charge in [0.1, 0.15) is 4.88 Å². The van der Waals surface area contributed by atoms with Crippen molar-refractivity contribution in [3.63, 3.8) is 0 Å². The largest absolute Gasteiger partial charge is 0.410 e. The number of nitrogens with one attached hydrogen (secondary N) is 1. The summed E-state index contributed by atoms with van der Waals surface area (Å²) in [7, 11) is 0. The summed E-state index contributed by atoms with van der Waals surface area (Å²) in [6, 6.07) is 5.31. The molecule has 0 aliphatic rings. The molecule has 0 saturated heterocycles. The van der Waals surface area contributed by atoms with Crippen molar-refractivity contribution in [2.24, 2.45) is 0 Å². The zero-order valence-electron chi connectivity index (χ0n) is 13.8. The van der Waals surface area contributed by atoms with Crippen molar-refractivity contribution < 1.29 is 9.21 Å². The van der Waals surface area contributed by atoms with Crippen LogP contribution in [0.2, 0.25) is 5.02 Å². The van der Waals surface area contributed by atoms with Crippen LogP contribution in [0.3, 0.4) is 0 Å². The van der Waals surface area contributed by atoms with E-state index in [2.05, 4.69) is 20.5 Å². The summed E-state index contributed by atoms with van der Waals surface area (Å²) in [6.07, 6.45) is 0. The molecule has 2 aromatic heterocycles. The highest BCUT2D eigenvalue weighted by Crippen LogP contribution is 2.30. The number of rotatable bonds is 5. The van der Waals surface area contributed by atoms with Crippen LogP contribution >= 0.6 is 34.7 Å². The molecule has 0 unspecified atom stereocenters. The molecule has 0 saturated carbocycles. The standard InChI is InChI=1S/C16H15ClN4O2S2/c1-8-6-11(17)4-5-12(8)19-13(22)7-24-16-21-20-15(23-16)14-9(2)18-10(3)25-14/h4-6H,7H2,1-3H3,(H,19,22). The lowest BCUT2D eigenvalue weighted by Crippen LogP contribution is -2.14. The van der Waals surface area contributed by atoms with Crippen LogP contribution in [0.1, 0.15) is 16.3 Å². The highest BCUT2D eigenvalue weighted by molar-refractivity contribution is 7.99. The first-order valence-electron chi connectivity index (χ1n) is 7.39. The number of hydrogen-bond donors (Lipinski definition) is 1. The summed E-state index contributed by atoms with van der Waals surface area (Å²) in [5.74, 6) is 0.448. The lowest BCUT2D eigenvalue weighted by molar-refractivity contribution is -0.113. The van der Waals surface area contributed by atoms with Gasteiger partial charge in [0.2, 0.25) is 5.91 Å². The molecule has 6 nitrogen and oxygen atoms in total. The van der Waals surface area contributed by atoms with Gasteiger partial charge < -0.3 is 9.73 Å². The molecule has 1 N–H and O–H groups in total. The quantitative estimate of drug-likeness (QED) is 0.641. The maximum Gasteiger partial charge on any atom is 0.277 e. The van der Waals surface area contributed by atoms with Crippen molar-refractivity contribution in [3.8, 4) is 10.8 Å². The third-order valence-electron chi connectivity index (χ3n) is 3.29. The van der Waals surface area contributed by atoms with Crippen LogP contribution in [0.5, 0.6) is 0 Å². The van der Waals surface area contributed by atoms with Crippen LogP contribution in [0.15, 0.2) is 27.8 Å². The molecule has 3 aromatic rings. The molecule has 0 spiro atoms.